The minimum Gasteiger partial charge on any atom is -0.381 e. The molecule has 2 heterocycles. The summed E-state index contributed by atoms with van der Waals surface area (Å²) in [4.78, 5) is 26.5. The molecule has 0 unspecified atom stereocenters. The van der Waals surface area contributed by atoms with Gasteiger partial charge in [0.2, 0.25) is 0 Å². The lowest BCUT2D eigenvalue weighted by atomic mass is 10.1. The van der Waals surface area contributed by atoms with Gasteiger partial charge in [0.25, 0.3) is 0 Å². The van der Waals surface area contributed by atoms with Crippen LogP contribution in [0.5, 0.6) is 0 Å². The van der Waals surface area contributed by atoms with Gasteiger partial charge in [-0.15, -0.1) is 5.10 Å². The predicted molar refractivity (Wildman–Crippen MR) is 73.6 cm³/mol. The third-order valence-corrected chi connectivity index (χ3v) is 3.08. The van der Waals surface area contributed by atoms with Gasteiger partial charge in [0.1, 0.15) is 11.5 Å². The molecule has 0 bridgehead atoms. The number of carbonyl (C=O) groups is 2. The summed E-state index contributed by atoms with van der Waals surface area (Å²) in [6, 6.07) is 5.26. The van der Waals surface area contributed by atoms with E-state index in [-0.39, 0.29) is 11.4 Å². The number of nitrogens with zero attached hydrogens (tertiary/aromatic N) is 3. The first-order valence-electron chi connectivity index (χ1n) is 6.55. The summed E-state index contributed by atoms with van der Waals surface area (Å²) < 4.78 is 53.5. The molecule has 11 heteroatoms. The number of aromatic amines is 1. The highest BCUT2D eigenvalue weighted by Gasteiger charge is 2.43. The zero-order valence-corrected chi connectivity index (χ0v) is 12.0. The summed E-state index contributed by atoms with van der Waals surface area (Å²) >= 11 is 0. The van der Waals surface area contributed by atoms with Crippen LogP contribution < -0.4 is 0 Å². The summed E-state index contributed by atoms with van der Waals surface area (Å²) in [5.41, 5.74) is -0.884. The molecule has 0 fully saturated rings. The lowest BCUT2D eigenvalue weighted by Gasteiger charge is -2.05. The minimum atomic E-state index is -5.34. The molecule has 3 aromatic rings. The number of rotatable bonds is 2. The monoisotopic (exact) mass is 354 g/mol. The van der Waals surface area contributed by atoms with E-state index in [9.17, 15) is 27.2 Å². The van der Waals surface area contributed by atoms with Gasteiger partial charge in [0.05, 0.1) is 5.69 Å². The lowest BCUT2D eigenvalue weighted by molar-refractivity contribution is -0.193. The lowest BCUT2D eigenvalue weighted by Crippen LogP contribution is -2.28. The van der Waals surface area contributed by atoms with E-state index in [0.29, 0.717) is 10.8 Å². The van der Waals surface area contributed by atoms with Gasteiger partial charge in [0, 0.05) is 11.6 Å². The first-order valence-corrected chi connectivity index (χ1v) is 6.55. The van der Waals surface area contributed by atoms with Crippen molar-refractivity contribution in [1.82, 2.24) is 20.4 Å². The zero-order chi connectivity index (χ0) is 18.2. The number of hydrogen-bond acceptors (Lipinski definition) is 6. The Hall–Kier alpha value is -3.37. The number of esters is 2. The van der Waals surface area contributed by atoms with E-state index in [1.807, 2.05) is 5.21 Å². The van der Waals surface area contributed by atoms with Crippen LogP contribution in [-0.2, 0) is 9.53 Å². The third-order valence-electron chi connectivity index (χ3n) is 3.08. The molecule has 25 heavy (non-hydrogen) atoms. The Labute approximate surface area is 135 Å². The van der Waals surface area contributed by atoms with Crippen LogP contribution in [0.4, 0.5) is 17.6 Å². The van der Waals surface area contributed by atoms with Crippen LogP contribution in [0, 0.1) is 5.82 Å². The average molecular weight is 354 g/mol. The Kier molecular flexibility index (Phi) is 3.91. The second kappa shape index (κ2) is 5.92. The minimum absolute atomic E-state index is 0.0262. The highest BCUT2D eigenvalue weighted by molar-refractivity contribution is 6.00. The number of nitrogens with one attached hydrogen (secondary N) is 1. The van der Waals surface area contributed by atoms with Crippen molar-refractivity contribution in [2.75, 3.05) is 0 Å². The molecule has 0 saturated heterocycles. The summed E-state index contributed by atoms with van der Waals surface area (Å²) in [6.07, 6.45) is -3.98. The van der Waals surface area contributed by atoms with Crippen molar-refractivity contribution < 1.29 is 31.9 Å². The summed E-state index contributed by atoms with van der Waals surface area (Å²) in [5.74, 6) is -4.84. The van der Waals surface area contributed by atoms with Crippen molar-refractivity contribution >= 4 is 22.7 Å². The van der Waals surface area contributed by atoms with E-state index in [4.69, 9.17) is 0 Å². The van der Waals surface area contributed by atoms with Gasteiger partial charge in [0.15, 0.2) is 5.69 Å². The van der Waals surface area contributed by atoms with Gasteiger partial charge < -0.3 is 4.74 Å². The number of pyridine rings is 1. The van der Waals surface area contributed by atoms with Crippen molar-refractivity contribution in [2.24, 2.45) is 0 Å². The molecule has 0 radical (unpaired) electrons. The first-order chi connectivity index (χ1) is 11.8. The number of benzene rings is 1. The Morgan fingerprint density at radius 2 is 1.84 bits per heavy atom. The van der Waals surface area contributed by atoms with Gasteiger partial charge in [-0.3, -0.25) is 4.98 Å². The van der Waals surface area contributed by atoms with E-state index < -0.39 is 29.6 Å². The van der Waals surface area contributed by atoms with Gasteiger partial charge in [-0.25, -0.2) is 14.0 Å². The molecule has 0 aliphatic rings. The smallest absolute Gasteiger partial charge is 0.381 e. The molecule has 0 saturated carbocycles. The highest BCUT2D eigenvalue weighted by Crippen LogP contribution is 2.24. The number of aromatic nitrogens is 4. The third kappa shape index (κ3) is 3.29. The summed E-state index contributed by atoms with van der Waals surface area (Å²) in [7, 11) is 0. The van der Waals surface area contributed by atoms with Gasteiger partial charge in [-0.2, -0.15) is 23.5 Å². The van der Waals surface area contributed by atoms with Crippen LogP contribution in [0.3, 0.4) is 0 Å². The Bertz CT molecular complexity index is 984. The standard InChI is InChI=1S/C14H6F4N4O3/c15-8-2-1-6-5-19-9(4-7(6)3-8)10-11(21-22-20-10)12(23)25-13(24)14(16,17)18/h1-5H,(H,20,21,22). The van der Waals surface area contributed by atoms with E-state index in [2.05, 4.69) is 19.9 Å². The van der Waals surface area contributed by atoms with Crippen molar-refractivity contribution in [3.05, 3.63) is 42.0 Å². The largest absolute Gasteiger partial charge is 0.491 e. The number of alkyl halides is 3. The van der Waals surface area contributed by atoms with Crippen LogP contribution in [-0.4, -0.2) is 38.5 Å². The molecular weight excluding hydrogens is 348 g/mol. The second-order valence-corrected chi connectivity index (χ2v) is 4.76. The summed E-state index contributed by atoms with van der Waals surface area (Å²) in [5, 5.41) is 10.0. The fourth-order valence-corrected chi connectivity index (χ4v) is 1.98. The van der Waals surface area contributed by atoms with Crippen LogP contribution in [0.15, 0.2) is 30.5 Å². The zero-order valence-electron chi connectivity index (χ0n) is 12.0. The van der Waals surface area contributed by atoms with Gasteiger partial charge >= 0.3 is 18.1 Å². The number of hydrogen-bond donors (Lipinski definition) is 1. The maximum absolute atomic E-state index is 13.3. The van der Waals surface area contributed by atoms with Crippen molar-refractivity contribution in [2.45, 2.75) is 6.18 Å². The maximum atomic E-state index is 13.3. The van der Waals surface area contributed by atoms with Crippen molar-refractivity contribution in [3.63, 3.8) is 0 Å². The van der Waals surface area contributed by atoms with Crippen molar-refractivity contribution in [3.8, 4) is 11.4 Å². The van der Waals surface area contributed by atoms with Crippen LogP contribution in [0.2, 0.25) is 0 Å². The second-order valence-electron chi connectivity index (χ2n) is 4.76. The molecular formula is C14H6F4N4O3. The molecule has 1 N–H and O–H groups in total. The number of halogens is 4. The van der Waals surface area contributed by atoms with Crippen LogP contribution in [0.1, 0.15) is 10.5 Å². The molecule has 0 aliphatic heterocycles. The summed E-state index contributed by atoms with van der Waals surface area (Å²) in [6.45, 7) is 0. The SMILES string of the molecule is O=C(OC(=O)C(F)(F)F)c1n[nH]nc1-c1cc2cc(F)ccc2cn1. The highest BCUT2D eigenvalue weighted by atomic mass is 19.4. The molecule has 0 spiro atoms. The van der Waals surface area contributed by atoms with Gasteiger partial charge in [-0.05, 0) is 29.7 Å². The van der Waals surface area contributed by atoms with Crippen LogP contribution in [0.25, 0.3) is 22.2 Å². The normalized spacial score (nSPS) is 11.5. The number of carbonyl (C=O) groups excluding carboxylic acids is 2. The molecule has 7 nitrogen and oxygen atoms in total. The van der Waals surface area contributed by atoms with Crippen LogP contribution >= 0.6 is 0 Å². The molecule has 0 aliphatic carbocycles. The Balaban J connectivity index is 1.96. The molecule has 3 rings (SSSR count). The fraction of sp³-hybridized carbons (Fsp3) is 0.0714. The topological polar surface area (TPSA) is 97.8 Å². The predicted octanol–water partition coefficient (Wildman–Crippen LogP) is 2.40. The van der Waals surface area contributed by atoms with Crippen molar-refractivity contribution in [1.29, 1.82) is 0 Å². The first kappa shape index (κ1) is 16.5. The van der Waals surface area contributed by atoms with E-state index in [1.54, 1.807) is 0 Å². The average Bonchev–Trinajstić information content (AvgIpc) is 3.02. The van der Waals surface area contributed by atoms with E-state index in [1.165, 1.54) is 30.5 Å². The molecule has 128 valence electrons. The quantitative estimate of drug-likeness (QED) is 0.431. The Morgan fingerprint density at radius 1 is 1.08 bits per heavy atom. The molecule has 1 aromatic carbocycles. The molecule has 0 amide bonds. The van der Waals surface area contributed by atoms with E-state index >= 15 is 0 Å². The number of fused-ring (bicyclic) bond motifs is 1. The maximum Gasteiger partial charge on any atom is 0.491 e. The fourth-order valence-electron chi connectivity index (χ4n) is 1.98. The number of ether oxygens (including phenoxy) is 1. The molecule has 2 aromatic heterocycles. The number of H-pyrrole nitrogens is 1. The van der Waals surface area contributed by atoms with E-state index in [0.717, 1.165) is 0 Å². The van der Waals surface area contributed by atoms with Gasteiger partial charge in [-0.1, -0.05) is 0 Å². The molecule has 0 atom stereocenters. The Morgan fingerprint density at radius 3 is 2.56 bits per heavy atom.